The van der Waals surface area contributed by atoms with E-state index in [9.17, 15) is 0 Å². The van der Waals surface area contributed by atoms with Crippen LogP contribution in [0.1, 0.15) is 18.3 Å². The van der Waals surface area contributed by atoms with Crippen molar-refractivity contribution in [3.8, 4) is 0 Å². The lowest BCUT2D eigenvalue weighted by molar-refractivity contribution is 0.117. The number of imidazole rings is 1. The summed E-state index contributed by atoms with van der Waals surface area (Å²) in [6.45, 7) is 0.919. The number of halogens is 2. The Morgan fingerprint density at radius 2 is 2.29 bits per heavy atom. The van der Waals surface area contributed by atoms with Crippen LogP contribution in [0.4, 0.5) is 0 Å². The molecule has 0 amide bonds. The van der Waals surface area contributed by atoms with Crippen LogP contribution in [0.5, 0.6) is 0 Å². The smallest absolute Gasteiger partial charge is 0.123 e. The number of ether oxygens (including phenoxy) is 1. The first-order chi connectivity index (χ1) is 5.90. The molecule has 1 saturated heterocycles. The zero-order valence-electron chi connectivity index (χ0n) is 7.90. The predicted octanol–water partition coefficient (Wildman–Crippen LogP) is 1.30. The lowest BCUT2D eigenvalue weighted by atomic mass is 10.2. The quantitative estimate of drug-likeness (QED) is 0.819. The molecule has 82 valence electrons. The van der Waals surface area contributed by atoms with E-state index < -0.39 is 0 Å². The van der Waals surface area contributed by atoms with Crippen LogP contribution in [0, 0.1) is 0 Å². The number of aromatic amines is 1. The van der Waals surface area contributed by atoms with E-state index >= 15 is 0 Å². The third kappa shape index (κ3) is 2.85. The molecule has 0 aromatic carbocycles. The van der Waals surface area contributed by atoms with Gasteiger partial charge in [0.2, 0.25) is 0 Å². The normalized spacial score (nSPS) is 25.2. The molecule has 14 heavy (non-hydrogen) atoms. The highest BCUT2D eigenvalue weighted by molar-refractivity contribution is 5.85. The zero-order chi connectivity index (χ0) is 8.39. The van der Waals surface area contributed by atoms with Crippen LogP contribution in [0.25, 0.3) is 0 Å². The van der Waals surface area contributed by atoms with Crippen LogP contribution >= 0.6 is 24.8 Å². The minimum absolute atomic E-state index is 0. The lowest BCUT2D eigenvalue weighted by Gasteiger charge is -2.05. The average molecular weight is 240 g/mol. The highest BCUT2D eigenvalue weighted by atomic mass is 35.5. The van der Waals surface area contributed by atoms with E-state index in [-0.39, 0.29) is 24.8 Å². The summed E-state index contributed by atoms with van der Waals surface area (Å²) < 4.78 is 5.24. The van der Waals surface area contributed by atoms with Crippen molar-refractivity contribution in [1.29, 1.82) is 0 Å². The molecule has 2 rings (SSSR count). The molecule has 1 aromatic rings. The number of nitrogens with zero attached hydrogens (tertiary/aromatic N) is 1. The van der Waals surface area contributed by atoms with Gasteiger partial charge in [0.1, 0.15) is 5.82 Å². The number of aromatic nitrogens is 2. The molecule has 0 radical (unpaired) electrons. The zero-order valence-corrected chi connectivity index (χ0v) is 9.53. The molecule has 1 aliphatic rings. The van der Waals surface area contributed by atoms with E-state index in [0.29, 0.717) is 12.1 Å². The Bertz CT molecular complexity index is 243. The summed E-state index contributed by atoms with van der Waals surface area (Å²) in [6.07, 6.45) is 4.96. The van der Waals surface area contributed by atoms with Crippen LogP contribution in [0.2, 0.25) is 0 Å². The van der Waals surface area contributed by atoms with Crippen LogP contribution < -0.4 is 5.32 Å². The summed E-state index contributed by atoms with van der Waals surface area (Å²) in [4.78, 5) is 7.29. The molecular weight excluding hydrogens is 225 g/mol. The number of H-pyrrole nitrogens is 1. The second-order valence-electron chi connectivity index (χ2n) is 3.03. The van der Waals surface area contributed by atoms with Gasteiger partial charge in [-0.2, -0.15) is 0 Å². The van der Waals surface area contributed by atoms with Crippen molar-refractivity contribution in [3.05, 3.63) is 18.2 Å². The fourth-order valence-corrected chi connectivity index (χ4v) is 1.56. The van der Waals surface area contributed by atoms with Crippen molar-refractivity contribution in [2.24, 2.45) is 0 Å². The van der Waals surface area contributed by atoms with E-state index in [1.165, 1.54) is 0 Å². The van der Waals surface area contributed by atoms with E-state index in [1.54, 1.807) is 13.3 Å². The molecule has 0 bridgehead atoms. The molecule has 2 heterocycles. The number of hydrogen-bond acceptors (Lipinski definition) is 3. The van der Waals surface area contributed by atoms with Gasteiger partial charge in [-0.05, 0) is 6.42 Å². The number of rotatable bonds is 2. The number of hydrogen-bond donors (Lipinski definition) is 2. The maximum atomic E-state index is 5.24. The van der Waals surface area contributed by atoms with Crippen LogP contribution in [0.3, 0.4) is 0 Å². The molecule has 6 heteroatoms. The van der Waals surface area contributed by atoms with Gasteiger partial charge in [-0.3, -0.25) is 0 Å². The third-order valence-corrected chi connectivity index (χ3v) is 2.27. The monoisotopic (exact) mass is 239 g/mol. The minimum Gasteiger partial charge on any atom is -0.380 e. The molecule has 0 spiro atoms. The largest absolute Gasteiger partial charge is 0.380 e. The maximum absolute atomic E-state index is 5.24. The standard InChI is InChI=1S/C8H13N3O.2ClH/c1-12-6-4-7(11-5-6)8-9-2-3-10-8;;/h2-3,6-7,11H,4-5H2,1H3,(H,9,10);2*1H. The summed E-state index contributed by atoms with van der Waals surface area (Å²) in [5.41, 5.74) is 0. The summed E-state index contributed by atoms with van der Waals surface area (Å²) in [5, 5.41) is 3.34. The summed E-state index contributed by atoms with van der Waals surface area (Å²) in [7, 11) is 1.75. The fourth-order valence-electron chi connectivity index (χ4n) is 1.56. The highest BCUT2D eigenvalue weighted by Crippen LogP contribution is 2.21. The van der Waals surface area contributed by atoms with E-state index in [2.05, 4.69) is 15.3 Å². The van der Waals surface area contributed by atoms with Crippen molar-refractivity contribution < 1.29 is 4.74 Å². The molecular formula is C8H15Cl2N3O. The molecule has 2 atom stereocenters. The van der Waals surface area contributed by atoms with Gasteiger partial charge in [-0.1, -0.05) is 0 Å². The molecule has 4 nitrogen and oxygen atoms in total. The van der Waals surface area contributed by atoms with Gasteiger partial charge in [0.05, 0.1) is 12.1 Å². The van der Waals surface area contributed by atoms with Gasteiger partial charge >= 0.3 is 0 Å². The third-order valence-electron chi connectivity index (χ3n) is 2.27. The van der Waals surface area contributed by atoms with Crippen LogP contribution in [0.15, 0.2) is 12.4 Å². The van der Waals surface area contributed by atoms with E-state index in [0.717, 1.165) is 18.8 Å². The lowest BCUT2D eigenvalue weighted by Crippen LogP contribution is -2.16. The average Bonchev–Trinajstić information content (AvgIpc) is 2.75. The van der Waals surface area contributed by atoms with Gasteiger partial charge in [-0.25, -0.2) is 4.98 Å². The highest BCUT2D eigenvalue weighted by Gasteiger charge is 2.26. The van der Waals surface area contributed by atoms with Crippen molar-refractivity contribution in [1.82, 2.24) is 15.3 Å². The topological polar surface area (TPSA) is 49.9 Å². The second-order valence-corrected chi connectivity index (χ2v) is 3.03. The first-order valence-electron chi connectivity index (χ1n) is 4.15. The van der Waals surface area contributed by atoms with E-state index in [4.69, 9.17) is 4.74 Å². The minimum atomic E-state index is 0. The van der Waals surface area contributed by atoms with Crippen molar-refractivity contribution in [2.75, 3.05) is 13.7 Å². The van der Waals surface area contributed by atoms with Gasteiger partial charge in [0.25, 0.3) is 0 Å². The van der Waals surface area contributed by atoms with Gasteiger partial charge in [0.15, 0.2) is 0 Å². The van der Waals surface area contributed by atoms with Gasteiger partial charge in [0, 0.05) is 26.0 Å². The Kier molecular flexibility index (Phi) is 6.11. The van der Waals surface area contributed by atoms with Crippen molar-refractivity contribution in [3.63, 3.8) is 0 Å². The Morgan fingerprint density at radius 3 is 2.79 bits per heavy atom. The molecule has 0 aliphatic carbocycles. The van der Waals surface area contributed by atoms with Crippen LogP contribution in [-0.4, -0.2) is 29.7 Å². The predicted molar refractivity (Wildman–Crippen MR) is 59.2 cm³/mol. The number of methoxy groups -OCH3 is 1. The molecule has 1 fully saturated rings. The number of nitrogens with one attached hydrogen (secondary N) is 2. The Labute approximate surface area is 95.6 Å². The van der Waals surface area contributed by atoms with Crippen molar-refractivity contribution >= 4 is 24.8 Å². The SMILES string of the molecule is COC1CNC(c2ncc[nH]2)C1.Cl.Cl. The van der Waals surface area contributed by atoms with E-state index in [1.807, 2.05) is 6.20 Å². The molecule has 1 aromatic heterocycles. The first-order valence-corrected chi connectivity index (χ1v) is 4.15. The van der Waals surface area contributed by atoms with Crippen molar-refractivity contribution in [2.45, 2.75) is 18.6 Å². The summed E-state index contributed by atoms with van der Waals surface area (Å²) in [5.74, 6) is 1.01. The molecule has 0 saturated carbocycles. The Balaban J connectivity index is 0.000000845. The molecule has 2 N–H and O–H groups in total. The molecule has 2 unspecified atom stereocenters. The summed E-state index contributed by atoms with van der Waals surface area (Å²) in [6, 6.07) is 0.338. The second kappa shape index (κ2) is 6.24. The fraction of sp³-hybridized carbons (Fsp3) is 0.625. The maximum Gasteiger partial charge on any atom is 0.123 e. The Morgan fingerprint density at radius 1 is 1.50 bits per heavy atom. The summed E-state index contributed by atoms with van der Waals surface area (Å²) >= 11 is 0. The molecule has 1 aliphatic heterocycles. The Hall–Kier alpha value is -0.290. The van der Waals surface area contributed by atoms with Gasteiger partial charge in [-0.15, -0.1) is 24.8 Å². The first kappa shape index (κ1) is 13.7. The van der Waals surface area contributed by atoms with Crippen LogP contribution in [-0.2, 0) is 4.74 Å². The van der Waals surface area contributed by atoms with Gasteiger partial charge < -0.3 is 15.0 Å².